The molecule has 2 rings (SSSR count). The number of hydrogen-bond donors (Lipinski definition) is 3. The summed E-state index contributed by atoms with van der Waals surface area (Å²) in [5.74, 6) is -0.805. The molecule has 2 aliphatic rings. The quantitative estimate of drug-likeness (QED) is 0.692. The van der Waals surface area contributed by atoms with Gasteiger partial charge in [-0.3, -0.25) is 9.69 Å². The van der Waals surface area contributed by atoms with E-state index in [9.17, 15) is 9.59 Å². The van der Waals surface area contributed by atoms with Crippen molar-refractivity contribution in [1.29, 1.82) is 0 Å². The number of fused-ring (bicyclic) bond motifs is 1. The van der Waals surface area contributed by atoms with Crippen molar-refractivity contribution in [3.63, 3.8) is 0 Å². The van der Waals surface area contributed by atoms with Crippen LogP contribution in [0.15, 0.2) is 0 Å². The largest absolute Gasteiger partial charge is 0.481 e. The van der Waals surface area contributed by atoms with E-state index in [-0.39, 0.29) is 24.4 Å². The number of aliphatic carboxylic acids is 1. The van der Waals surface area contributed by atoms with Gasteiger partial charge in [0.05, 0.1) is 0 Å². The molecule has 3 atom stereocenters. The first kappa shape index (κ1) is 16.1. The van der Waals surface area contributed by atoms with Crippen LogP contribution in [-0.2, 0) is 4.79 Å². The van der Waals surface area contributed by atoms with Crippen LogP contribution in [0.2, 0.25) is 0 Å². The molecule has 2 fully saturated rings. The topological polar surface area (TPSA) is 81.7 Å². The fourth-order valence-corrected chi connectivity index (χ4v) is 3.48. The van der Waals surface area contributed by atoms with Gasteiger partial charge < -0.3 is 15.7 Å². The maximum atomic E-state index is 12.0. The molecule has 6 nitrogen and oxygen atoms in total. The molecule has 0 bridgehead atoms. The van der Waals surface area contributed by atoms with E-state index in [1.165, 1.54) is 19.3 Å². The average Bonchev–Trinajstić information content (AvgIpc) is 2.86. The van der Waals surface area contributed by atoms with Crippen molar-refractivity contribution < 1.29 is 14.7 Å². The van der Waals surface area contributed by atoms with Crippen molar-refractivity contribution in [3.05, 3.63) is 0 Å². The highest BCUT2D eigenvalue weighted by Gasteiger charge is 2.36. The molecular formula is C15H27N3O3. The molecule has 2 amide bonds. The van der Waals surface area contributed by atoms with Crippen molar-refractivity contribution in [2.24, 2.45) is 5.92 Å². The third kappa shape index (κ3) is 4.59. The van der Waals surface area contributed by atoms with Crippen LogP contribution >= 0.6 is 0 Å². The number of carbonyl (C=O) groups excluding carboxylic acids is 1. The highest BCUT2D eigenvalue weighted by Crippen LogP contribution is 2.26. The average molecular weight is 297 g/mol. The van der Waals surface area contributed by atoms with Crippen LogP contribution in [0.4, 0.5) is 4.79 Å². The van der Waals surface area contributed by atoms with Gasteiger partial charge in [0.1, 0.15) is 0 Å². The summed E-state index contributed by atoms with van der Waals surface area (Å²) in [5.41, 5.74) is 0. The predicted octanol–water partition coefficient (Wildman–Crippen LogP) is 1.41. The van der Waals surface area contributed by atoms with Crippen molar-refractivity contribution in [2.75, 3.05) is 19.6 Å². The predicted molar refractivity (Wildman–Crippen MR) is 80.2 cm³/mol. The summed E-state index contributed by atoms with van der Waals surface area (Å²) in [6.07, 6.45) is 5.56. The summed E-state index contributed by atoms with van der Waals surface area (Å²) in [5, 5.41) is 14.7. The Morgan fingerprint density at radius 2 is 2.10 bits per heavy atom. The number of piperidine rings is 1. The molecule has 21 heavy (non-hydrogen) atoms. The zero-order valence-electron chi connectivity index (χ0n) is 12.8. The van der Waals surface area contributed by atoms with E-state index in [4.69, 9.17) is 5.11 Å². The molecule has 3 unspecified atom stereocenters. The molecule has 0 aromatic heterocycles. The van der Waals surface area contributed by atoms with Gasteiger partial charge in [-0.15, -0.1) is 0 Å². The number of nitrogens with one attached hydrogen (secondary N) is 2. The number of carbonyl (C=O) groups is 2. The zero-order chi connectivity index (χ0) is 15.2. The van der Waals surface area contributed by atoms with E-state index >= 15 is 0 Å². The third-order valence-electron chi connectivity index (χ3n) is 4.76. The molecule has 2 heterocycles. The van der Waals surface area contributed by atoms with E-state index in [0.29, 0.717) is 12.6 Å². The number of hydrogen-bond acceptors (Lipinski definition) is 3. The van der Waals surface area contributed by atoms with Gasteiger partial charge in [0.2, 0.25) is 0 Å². The summed E-state index contributed by atoms with van der Waals surface area (Å²) in [4.78, 5) is 25.2. The van der Waals surface area contributed by atoms with Gasteiger partial charge in [0.25, 0.3) is 0 Å². The number of urea groups is 1. The number of amides is 2. The lowest BCUT2D eigenvalue weighted by atomic mass is 9.99. The first-order chi connectivity index (χ1) is 10.1. The minimum Gasteiger partial charge on any atom is -0.481 e. The number of nitrogens with zero attached hydrogens (tertiary/aromatic N) is 1. The second kappa shape index (κ2) is 7.64. The molecular weight excluding hydrogens is 270 g/mol. The molecule has 0 aliphatic carbocycles. The molecule has 6 heteroatoms. The minimum atomic E-state index is -0.808. The zero-order valence-corrected chi connectivity index (χ0v) is 12.8. The van der Waals surface area contributed by atoms with Crippen LogP contribution in [0.25, 0.3) is 0 Å². The second-order valence-electron chi connectivity index (χ2n) is 6.22. The maximum Gasteiger partial charge on any atom is 0.315 e. The third-order valence-corrected chi connectivity index (χ3v) is 4.76. The van der Waals surface area contributed by atoms with Gasteiger partial charge in [-0.1, -0.05) is 19.8 Å². The fraction of sp³-hybridized carbons (Fsp3) is 0.867. The summed E-state index contributed by atoms with van der Waals surface area (Å²) < 4.78 is 0. The Hall–Kier alpha value is -1.30. The molecule has 3 N–H and O–H groups in total. The first-order valence-electron chi connectivity index (χ1n) is 8.10. The van der Waals surface area contributed by atoms with Crippen molar-refractivity contribution >= 4 is 12.0 Å². The summed E-state index contributed by atoms with van der Waals surface area (Å²) in [6.45, 7) is 4.60. The van der Waals surface area contributed by atoms with Crippen LogP contribution in [-0.4, -0.2) is 53.7 Å². The van der Waals surface area contributed by atoms with Crippen molar-refractivity contribution in [2.45, 2.75) is 57.5 Å². The van der Waals surface area contributed by atoms with E-state index in [1.54, 1.807) is 0 Å². The Balaban J connectivity index is 1.73. The molecule has 2 aliphatic heterocycles. The smallest absolute Gasteiger partial charge is 0.315 e. The van der Waals surface area contributed by atoms with E-state index in [0.717, 1.165) is 25.9 Å². The summed E-state index contributed by atoms with van der Waals surface area (Å²) in [6, 6.07) is 0.576. The fourth-order valence-electron chi connectivity index (χ4n) is 3.48. The summed E-state index contributed by atoms with van der Waals surface area (Å²) >= 11 is 0. The molecule has 0 saturated carbocycles. The molecule has 0 spiro atoms. The minimum absolute atomic E-state index is 0.00278. The van der Waals surface area contributed by atoms with Gasteiger partial charge in [-0.2, -0.15) is 0 Å². The Labute approximate surface area is 126 Å². The maximum absolute atomic E-state index is 12.0. The van der Waals surface area contributed by atoms with Crippen molar-refractivity contribution in [3.8, 4) is 0 Å². The molecule has 0 aromatic rings. The Morgan fingerprint density at radius 3 is 2.81 bits per heavy atom. The van der Waals surface area contributed by atoms with Crippen LogP contribution in [0.1, 0.15) is 45.4 Å². The SMILES string of the molecule is CCC(CNC(=O)NC1CCN2CCCCC12)CC(=O)O. The van der Waals surface area contributed by atoms with Gasteiger partial charge in [-0.05, 0) is 31.7 Å². The number of carboxylic acid groups (broad SMARTS) is 1. The van der Waals surface area contributed by atoms with Gasteiger partial charge in [0, 0.05) is 31.6 Å². The molecule has 0 aromatic carbocycles. The normalized spacial score (nSPS) is 26.9. The van der Waals surface area contributed by atoms with Gasteiger partial charge in [0.15, 0.2) is 0 Å². The Morgan fingerprint density at radius 1 is 1.29 bits per heavy atom. The highest BCUT2D eigenvalue weighted by molar-refractivity contribution is 5.74. The Kier molecular flexibility index (Phi) is 5.85. The lowest BCUT2D eigenvalue weighted by Crippen LogP contribution is -2.50. The van der Waals surface area contributed by atoms with E-state index in [1.807, 2.05) is 6.92 Å². The number of rotatable bonds is 6. The second-order valence-corrected chi connectivity index (χ2v) is 6.22. The monoisotopic (exact) mass is 297 g/mol. The number of carboxylic acids is 1. The first-order valence-corrected chi connectivity index (χ1v) is 8.10. The van der Waals surface area contributed by atoms with Crippen LogP contribution in [0, 0.1) is 5.92 Å². The molecule has 0 radical (unpaired) electrons. The molecule has 120 valence electrons. The van der Waals surface area contributed by atoms with Gasteiger partial charge >= 0.3 is 12.0 Å². The molecule has 2 saturated heterocycles. The van der Waals surface area contributed by atoms with Crippen LogP contribution < -0.4 is 10.6 Å². The lowest BCUT2D eigenvalue weighted by molar-refractivity contribution is -0.138. The van der Waals surface area contributed by atoms with E-state index in [2.05, 4.69) is 15.5 Å². The van der Waals surface area contributed by atoms with Gasteiger partial charge in [-0.25, -0.2) is 4.79 Å². The van der Waals surface area contributed by atoms with Crippen molar-refractivity contribution in [1.82, 2.24) is 15.5 Å². The standard InChI is InChI=1S/C15H27N3O3/c1-2-11(9-14(19)20)10-16-15(21)17-12-6-8-18-7-4-3-5-13(12)18/h11-13H,2-10H2,1H3,(H,19,20)(H2,16,17,21). The van der Waals surface area contributed by atoms with Crippen LogP contribution in [0.5, 0.6) is 0 Å². The van der Waals surface area contributed by atoms with Crippen LogP contribution in [0.3, 0.4) is 0 Å². The highest BCUT2D eigenvalue weighted by atomic mass is 16.4. The summed E-state index contributed by atoms with van der Waals surface area (Å²) in [7, 11) is 0. The Bertz CT molecular complexity index is 375. The van der Waals surface area contributed by atoms with E-state index < -0.39 is 5.97 Å². The lowest BCUT2D eigenvalue weighted by Gasteiger charge is -2.32.